The van der Waals surface area contributed by atoms with Crippen LogP contribution in [0.3, 0.4) is 0 Å². The summed E-state index contributed by atoms with van der Waals surface area (Å²) in [6.45, 7) is 8.89. The largest absolute Gasteiger partial charge is 0.490 e. The number of carbonyl (C=O) groups excluding carboxylic acids is 1. The van der Waals surface area contributed by atoms with E-state index in [2.05, 4.69) is 11.9 Å². The third-order valence-corrected chi connectivity index (χ3v) is 3.54. The molecule has 122 valence electrons. The van der Waals surface area contributed by atoms with Crippen LogP contribution in [-0.2, 0) is 4.79 Å². The van der Waals surface area contributed by atoms with E-state index in [0.717, 1.165) is 5.56 Å². The number of rotatable bonds is 7. The Labute approximate surface area is 141 Å². The molecule has 2 rings (SSSR count). The minimum absolute atomic E-state index is 0.123. The molecule has 0 unspecified atom stereocenters. The molecule has 0 aliphatic carbocycles. The lowest BCUT2D eigenvalue weighted by Crippen LogP contribution is -2.30. The number of likely N-dealkylation sites (N-methyl/N-ethyl adjacent to an activating group) is 1. The Morgan fingerprint density at radius 3 is 2.70 bits per heavy atom. The van der Waals surface area contributed by atoms with Crippen LogP contribution < -0.4 is 14.8 Å². The Hall–Kier alpha value is -2.34. The maximum absolute atomic E-state index is 12.2. The first kappa shape index (κ1) is 17.0. The van der Waals surface area contributed by atoms with Crippen LogP contribution in [0.25, 0.3) is 6.08 Å². The number of hydrogen-bond acceptors (Lipinski definition) is 4. The molecule has 5 nitrogen and oxygen atoms in total. The van der Waals surface area contributed by atoms with Crippen LogP contribution in [0, 0.1) is 0 Å². The molecule has 0 atom stereocenters. The first-order valence-corrected chi connectivity index (χ1v) is 7.86. The van der Waals surface area contributed by atoms with E-state index in [0.29, 0.717) is 42.1 Å². The lowest BCUT2D eigenvalue weighted by atomic mass is 10.1. The molecule has 1 heterocycles. The third-order valence-electron chi connectivity index (χ3n) is 3.21. The molecular formula is C17H20N2O3S. The Bertz CT molecular complexity index is 655. The smallest absolute Gasteiger partial charge is 0.276 e. The number of hydrogen-bond donors (Lipinski definition) is 1. The number of carbonyl (C=O) groups is 1. The van der Waals surface area contributed by atoms with Crippen molar-refractivity contribution in [2.24, 2.45) is 0 Å². The molecule has 1 fully saturated rings. The molecule has 1 saturated heterocycles. The van der Waals surface area contributed by atoms with Gasteiger partial charge in [0.2, 0.25) is 0 Å². The number of ether oxygens (including phenoxy) is 2. The molecule has 0 saturated carbocycles. The molecule has 1 aliphatic rings. The summed E-state index contributed by atoms with van der Waals surface area (Å²) in [6.07, 6.45) is 3.43. The SMILES string of the molecule is C=CCOc1ccc(/C=C2\NC(=S)N(CC)C2=O)cc1OCC. The van der Waals surface area contributed by atoms with E-state index in [-0.39, 0.29) is 5.91 Å². The highest BCUT2D eigenvalue weighted by Gasteiger charge is 2.29. The second-order valence-electron chi connectivity index (χ2n) is 4.78. The van der Waals surface area contributed by atoms with Gasteiger partial charge in [0.1, 0.15) is 12.3 Å². The number of benzene rings is 1. The van der Waals surface area contributed by atoms with E-state index < -0.39 is 0 Å². The Morgan fingerprint density at radius 1 is 1.30 bits per heavy atom. The van der Waals surface area contributed by atoms with Crippen LogP contribution in [0.15, 0.2) is 36.6 Å². The quantitative estimate of drug-likeness (QED) is 0.473. The minimum Gasteiger partial charge on any atom is -0.490 e. The first-order chi connectivity index (χ1) is 11.1. The summed E-state index contributed by atoms with van der Waals surface area (Å²) in [5.74, 6) is 1.15. The number of thiocarbonyl (C=S) groups is 1. The fourth-order valence-corrected chi connectivity index (χ4v) is 2.50. The van der Waals surface area contributed by atoms with Gasteiger partial charge in [0.05, 0.1) is 6.61 Å². The van der Waals surface area contributed by atoms with E-state index in [1.807, 2.05) is 32.0 Å². The predicted octanol–water partition coefficient (Wildman–Crippen LogP) is 2.73. The Morgan fingerprint density at radius 2 is 2.09 bits per heavy atom. The van der Waals surface area contributed by atoms with Gasteiger partial charge in [-0.15, -0.1) is 0 Å². The maximum Gasteiger partial charge on any atom is 0.276 e. The Balaban J connectivity index is 2.28. The number of nitrogens with one attached hydrogen (secondary N) is 1. The lowest BCUT2D eigenvalue weighted by Gasteiger charge is -2.11. The standard InChI is InChI=1S/C17H20N2O3S/c1-4-9-22-14-8-7-12(11-15(14)21-6-3)10-13-16(20)19(5-2)17(23)18-13/h4,7-8,10-11H,1,5-6,9H2,2-3H3,(H,18,23)/b13-10-. The molecule has 1 amide bonds. The van der Waals surface area contributed by atoms with Crippen molar-refractivity contribution in [2.75, 3.05) is 19.8 Å². The molecule has 1 aromatic carbocycles. The lowest BCUT2D eigenvalue weighted by molar-refractivity contribution is -0.122. The average molecular weight is 332 g/mol. The first-order valence-electron chi connectivity index (χ1n) is 7.45. The van der Waals surface area contributed by atoms with Crippen LogP contribution >= 0.6 is 12.2 Å². The van der Waals surface area contributed by atoms with E-state index in [1.54, 1.807) is 12.2 Å². The van der Waals surface area contributed by atoms with Gasteiger partial charge < -0.3 is 14.8 Å². The highest BCUT2D eigenvalue weighted by molar-refractivity contribution is 7.80. The average Bonchev–Trinajstić information content (AvgIpc) is 2.80. The molecule has 0 spiro atoms. The number of amides is 1. The highest BCUT2D eigenvalue weighted by atomic mass is 32.1. The van der Waals surface area contributed by atoms with E-state index >= 15 is 0 Å². The van der Waals surface area contributed by atoms with Crippen molar-refractivity contribution >= 4 is 29.3 Å². The topological polar surface area (TPSA) is 50.8 Å². The normalized spacial score (nSPS) is 15.7. The summed E-state index contributed by atoms with van der Waals surface area (Å²) in [6, 6.07) is 5.51. The van der Waals surface area contributed by atoms with Crippen LogP contribution in [0.1, 0.15) is 19.4 Å². The van der Waals surface area contributed by atoms with Crippen molar-refractivity contribution in [3.05, 3.63) is 42.1 Å². The summed E-state index contributed by atoms with van der Waals surface area (Å²) in [5.41, 5.74) is 1.29. The monoisotopic (exact) mass is 332 g/mol. The van der Waals surface area contributed by atoms with Crippen molar-refractivity contribution in [3.8, 4) is 11.5 Å². The summed E-state index contributed by atoms with van der Waals surface area (Å²) < 4.78 is 11.2. The van der Waals surface area contributed by atoms with Crippen molar-refractivity contribution < 1.29 is 14.3 Å². The van der Waals surface area contributed by atoms with E-state index in [1.165, 1.54) is 4.90 Å². The van der Waals surface area contributed by atoms with Gasteiger partial charge in [-0.2, -0.15) is 0 Å². The second kappa shape index (κ2) is 7.78. The molecule has 23 heavy (non-hydrogen) atoms. The molecule has 6 heteroatoms. The van der Waals surface area contributed by atoms with Gasteiger partial charge in [0, 0.05) is 6.54 Å². The van der Waals surface area contributed by atoms with E-state index in [4.69, 9.17) is 21.7 Å². The van der Waals surface area contributed by atoms with Crippen molar-refractivity contribution in [1.29, 1.82) is 0 Å². The molecule has 1 N–H and O–H groups in total. The second-order valence-corrected chi connectivity index (χ2v) is 5.16. The van der Waals surface area contributed by atoms with Gasteiger partial charge in [-0.1, -0.05) is 18.7 Å². The molecule has 0 aromatic heterocycles. The summed E-state index contributed by atoms with van der Waals surface area (Å²) in [7, 11) is 0. The zero-order valence-corrected chi connectivity index (χ0v) is 14.1. The van der Waals surface area contributed by atoms with Crippen LogP contribution in [0.2, 0.25) is 0 Å². The summed E-state index contributed by atoms with van der Waals surface area (Å²) >= 11 is 5.15. The summed E-state index contributed by atoms with van der Waals surface area (Å²) in [4.78, 5) is 13.7. The maximum atomic E-state index is 12.2. The van der Waals surface area contributed by atoms with Crippen molar-refractivity contribution in [2.45, 2.75) is 13.8 Å². The Kier molecular flexibility index (Phi) is 5.76. The van der Waals surface area contributed by atoms with Gasteiger partial charge in [-0.05, 0) is 49.8 Å². The molecule has 1 aliphatic heterocycles. The van der Waals surface area contributed by atoms with Crippen LogP contribution in [0.4, 0.5) is 0 Å². The highest BCUT2D eigenvalue weighted by Crippen LogP contribution is 2.29. The van der Waals surface area contributed by atoms with Gasteiger partial charge in [-0.25, -0.2) is 0 Å². The van der Waals surface area contributed by atoms with Gasteiger partial charge >= 0.3 is 0 Å². The molecular weight excluding hydrogens is 312 g/mol. The summed E-state index contributed by atoms with van der Waals surface area (Å²) in [5, 5.41) is 3.37. The molecule has 0 radical (unpaired) electrons. The zero-order valence-electron chi connectivity index (χ0n) is 13.3. The number of nitrogens with zero attached hydrogens (tertiary/aromatic N) is 1. The molecule has 1 aromatic rings. The van der Waals surface area contributed by atoms with Gasteiger partial charge in [0.25, 0.3) is 5.91 Å². The fourth-order valence-electron chi connectivity index (χ4n) is 2.18. The third kappa shape index (κ3) is 3.90. The van der Waals surface area contributed by atoms with Crippen LogP contribution in [0.5, 0.6) is 11.5 Å². The van der Waals surface area contributed by atoms with Crippen molar-refractivity contribution in [3.63, 3.8) is 0 Å². The van der Waals surface area contributed by atoms with Gasteiger partial charge in [-0.3, -0.25) is 9.69 Å². The van der Waals surface area contributed by atoms with Crippen LogP contribution in [-0.4, -0.2) is 35.7 Å². The predicted molar refractivity (Wildman–Crippen MR) is 94.4 cm³/mol. The fraction of sp³-hybridized carbons (Fsp3) is 0.294. The van der Waals surface area contributed by atoms with Gasteiger partial charge in [0.15, 0.2) is 16.6 Å². The molecule has 0 bridgehead atoms. The van der Waals surface area contributed by atoms with E-state index in [9.17, 15) is 4.79 Å². The zero-order chi connectivity index (χ0) is 16.8. The van der Waals surface area contributed by atoms with Crippen molar-refractivity contribution in [1.82, 2.24) is 10.2 Å². The minimum atomic E-state index is -0.123.